The number of carbonyl (C=O) groups is 2. The van der Waals surface area contributed by atoms with Crippen molar-refractivity contribution >= 4 is 29.3 Å². The Morgan fingerprint density at radius 3 is 2.55 bits per heavy atom. The minimum absolute atomic E-state index is 0.0310. The van der Waals surface area contributed by atoms with Crippen LogP contribution in [0.4, 0.5) is 5.69 Å². The minimum atomic E-state index is -0.155. The van der Waals surface area contributed by atoms with E-state index in [1.165, 1.54) is 38.8 Å². The van der Waals surface area contributed by atoms with Crippen LogP contribution in [0.3, 0.4) is 0 Å². The molecule has 3 aliphatic heterocycles. The number of hydrogen-bond acceptors (Lipinski definition) is 5. The molecule has 0 radical (unpaired) electrons. The molecule has 1 aromatic carbocycles. The quantitative estimate of drug-likeness (QED) is 0.698. The number of anilines is 1. The number of fused-ring (bicyclic) bond motifs is 1. The van der Waals surface area contributed by atoms with Gasteiger partial charge in [-0.1, -0.05) is 24.6 Å². The zero-order valence-corrected chi connectivity index (χ0v) is 17.9. The molecule has 0 aliphatic carbocycles. The van der Waals surface area contributed by atoms with Crippen LogP contribution in [0, 0.1) is 0 Å². The fourth-order valence-electron chi connectivity index (χ4n) is 4.42. The summed E-state index contributed by atoms with van der Waals surface area (Å²) >= 11 is 1.61. The van der Waals surface area contributed by atoms with Gasteiger partial charge in [-0.25, -0.2) is 0 Å². The molecular weight excluding hydrogens is 384 g/mol. The van der Waals surface area contributed by atoms with Crippen LogP contribution < -0.4 is 10.6 Å². The van der Waals surface area contributed by atoms with E-state index in [-0.39, 0.29) is 17.2 Å². The van der Waals surface area contributed by atoms with Crippen molar-refractivity contribution in [2.45, 2.75) is 55.2 Å². The number of likely N-dealkylation sites (tertiary alicyclic amines) is 2. The number of hydrogen-bond donors (Lipinski definition) is 2. The molecule has 0 aromatic heterocycles. The predicted molar refractivity (Wildman–Crippen MR) is 117 cm³/mol. The van der Waals surface area contributed by atoms with Gasteiger partial charge in [-0.15, -0.1) is 0 Å². The average Bonchev–Trinajstić information content (AvgIpc) is 2.77. The zero-order chi connectivity index (χ0) is 20.1. The monoisotopic (exact) mass is 416 g/mol. The summed E-state index contributed by atoms with van der Waals surface area (Å²) in [6, 6.07) is 5.65. The van der Waals surface area contributed by atoms with Crippen molar-refractivity contribution < 1.29 is 9.59 Å². The molecule has 6 nitrogen and oxygen atoms in total. The Kier molecular flexibility index (Phi) is 7.11. The Hall–Kier alpha value is -1.57. The molecule has 0 bridgehead atoms. The molecule has 2 fully saturated rings. The Morgan fingerprint density at radius 2 is 1.79 bits per heavy atom. The van der Waals surface area contributed by atoms with Crippen LogP contribution in [0.2, 0.25) is 0 Å². The van der Waals surface area contributed by atoms with E-state index in [2.05, 4.69) is 20.4 Å². The lowest BCUT2D eigenvalue weighted by Gasteiger charge is -2.35. The van der Waals surface area contributed by atoms with Gasteiger partial charge in [0.2, 0.25) is 0 Å². The van der Waals surface area contributed by atoms with Crippen molar-refractivity contribution in [3.63, 3.8) is 0 Å². The van der Waals surface area contributed by atoms with Gasteiger partial charge in [-0.2, -0.15) is 0 Å². The van der Waals surface area contributed by atoms with Crippen molar-refractivity contribution in [1.29, 1.82) is 0 Å². The van der Waals surface area contributed by atoms with E-state index >= 15 is 0 Å². The molecule has 2 N–H and O–H groups in total. The van der Waals surface area contributed by atoms with Gasteiger partial charge in [-0.3, -0.25) is 14.5 Å². The third-order valence-electron chi connectivity index (χ3n) is 6.07. The topological polar surface area (TPSA) is 64.7 Å². The fourth-order valence-corrected chi connectivity index (χ4v) is 5.57. The van der Waals surface area contributed by atoms with E-state index in [0.29, 0.717) is 12.1 Å². The van der Waals surface area contributed by atoms with Gasteiger partial charge < -0.3 is 15.5 Å². The van der Waals surface area contributed by atoms with Crippen LogP contribution in [0.1, 0.15) is 55.3 Å². The third kappa shape index (κ3) is 5.32. The Balaban J connectivity index is 1.29. The fraction of sp³-hybridized carbons (Fsp3) is 0.636. The Bertz CT molecular complexity index is 730. The first-order chi connectivity index (χ1) is 14.2. The summed E-state index contributed by atoms with van der Waals surface area (Å²) in [5.74, 6) is -0.0349. The number of nitrogens with one attached hydrogen (secondary N) is 2. The first-order valence-corrected chi connectivity index (χ1v) is 11.9. The number of benzene rings is 1. The largest absolute Gasteiger partial charge is 0.352 e. The predicted octanol–water partition coefficient (Wildman–Crippen LogP) is 3.15. The van der Waals surface area contributed by atoms with Gasteiger partial charge in [0.25, 0.3) is 11.8 Å². The lowest BCUT2D eigenvalue weighted by Crippen LogP contribution is -2.46. The second kappa shape index (κ2) is 9.96. The van der Waals surface area contributed by atoms with E-state index in [1.54, 1.807) is 11.8 Å². The highest BCUT2D eigenvalue weighted by Crippen LogP contribution is 2.38. The lowest BCUT2D eigenvalue weighted by atomic mass is 10.1. The first-order valence-electron chi connectivity index (χ1n) is 11.1. The molecule has 158 valence electrons. The van der Waals surface area contributed by atoms with Crippen molar-refractivity contribution in [3.8, 4) is 0 Å². The van der Waals surface area contributed by atoms with Crippen LogP contribution >= 0.6 is 11.8 Å². The summed E-state index contributed by atoms with van der Waals surface area (Å²) in [5, 5.41) is 5.89. The standard InChI is InChI=1S/C22H32N4O2S/c27-20(23-10-7-13-25-11-3-1-4-12-25)17-8-9-19-18(16-17)24-21(28)22(29-19)26-14-5-2-6-15-26/h8-9,16,22H,1-7,10-15H2,(H,23,27)(H,24,28)/t22-/m0/s1. The highest BCUT2D eigenvalue weighted by Gasteiger charge is 2.33. The molecule has 2 saturated heterocycles. The molecule has 3 aliphatic rings. The van der Waals surface area contributed by atoms with Gasteiger partial charge in [0.05, 0.1) is 5.69 Å². The van der Waals surface area contributed by atoms with Crippen LogP contribution in [0.25, 0.3) is 0 Å². The Labute approximate surface area is 177 Å². The normalized spacial score (nSPS) is 23.3. The van der Waals surface area contributed by atoms with Gasteiger partial charge in [0.1, 0.15) is 5.37 Å². The Morgan fingerprint density at radius 1 is 1.07 bits per heavy atom. The molecule has 2 amide bonds. The maximum Gasteiger partial charge on any atom is 0.252 e. The van der Waals surface area contributed by atoms with Crippen molar-refractivity contribution in [2.24, 2.45) is 0 Å². The molecule has 1 aromatic rings. The summed E-state index contributed by atoms with van der Waals surface area (Å²) < 4.78 is 0. The molecule has 0 unspecified atom stereocenters. The highest BCUT2D eigenvalue weighted by molar-refractivity contribution is 8.00. The summed E-state index contributed by atoms with van der Waals surface area (Å²) in [7, 11) is 0. The molecule has 0 saturated carbocycles. The average molecular weight is 417 g/mol. The van der Waals surface area contributed by atoms with Crippen LogP contribution in [-0.4, -0.2) is 66.3 Å². The van der Waals surface area contributed by atoms with Gasteiger partial charge >= 0.3 is 0 Å². The van der Waals surface area contributed by atoms with Crippen LogP contribution in [0.5, 0.6) is 0 Å². The summed E-state index contributed by atoms with van der Waals surface area (Å²) in [5.41, 5.74) is 1.37. The molecule has 29 heavy (non-hydrogen) atoms. The number of carbonyl (C=O) groups excluding carboxylic acids is 2. The van der Waals surface area contributed by atoms with Crippen molar-refractivity contribution in [3.05, 3.63) is 23.8 Å². The van der Waals surface area contributed by atoms with Crippen molar-refractivity contribution in [1.82, 2.24) is 15.1 Å². The van der Waals surface area contributed by atoms with Gasteiger partial charge in [0, 0.05) is 17.0 Å². The number of rotatable bonds is 6. The maximum atomic E-state index is 12.6. The molecule has 0 spiro atoms. The van der Waals surface area contributed by atoms with Gasteiger partial charge in [-0.05, 0) is 83.0 Å². The second-order valence-electron chi connectivity index (χ2n) is 8.28. The highest BCUT2D eigenvalue weighted by atomic mass is 32.2. The van der Waals surface area contributed by atoms with E-state index in [9.17, 15) is 9.59 Å². The zero-order valence-electron chi connectivity index (χ0n) is 17.1. The summed E-state index contributed by atoms with van der Waals surface area (Å²) in [6.45, 7) is 6.08. The van der Waals surface area contributed by atoms with Crippen LogP contribution in [0.15, 0.2) is 23.1 Å². The third-order valence-corrected chi connectivity index (χ3v) is 7.42. The number of nitrogens with zero attached hydrogens (tertiary/aromatic N) is 2. The SMILES string of the molecule is O=C(NCCCN1CCCCC1)c1ccc2c(c1)NC(=O)[C@@H](N1CCCCC1)S2. The van der Waals surface area contributed by atoms with Crippen molar-refractivity contribution in [2.75, 3.05) is 44.6 Å². The van der Waals surface area contributed by atoms with E-state index in [1.807, 2.05) is 18.2 Å². The number of piperidine rings is 2. The summed E-state index contributed by atoms with van der Waals surface area (Å²) in [4.78, 5) is 30.9. The smallest absolute Gasteiger partial charge is 0.252 e. The molecule has 4 rings (SSSR count). The second-order valence-corrected chi connectivity index (χ2v) is 9.40. The van der Waals surface area contributed by atoms with Gasteiger partial charge in [0.15, 0.2) is 0 Å². The van der Waals surface area contributed by atoms with E-state index in [0.717, 1.165) is 49.5 Å². The van der Waals surface area contributed by atoms with Crippen LogP contribution in [-0.2, 0) is 4.79 Å². The molecule has 7 heteroatoms. The minimum Gasteiger partial charge on any atom is -0.352 e. The van der Waals surface area contributed by atoms with E-state index < -0.39 is 0 Å². The lowest BCUT2D eigenvalue weighted by molar-refractivity contribution is -0.118. The molecular formula is C22H32N4O2S. The summed E-state index contributed by atoms with van der Waals surface area (Å²) in [6.07, 6.45) is 8.48. The molecule has 1 atom stereocenters. The number of thioether (sulfide) groups is 1. The molecule has 3 heterocycles. The number of amides is 2. The maximum absolute atomic E-state index is 12.6. The van der Waals surface area contributed by atoms with E-state index in [4.69, 9.17) is 0 Å². The first kappa shape index (κ1) is 20.7.